The Morgan fingerprint density at radius 2 is 2.05 bits per heavy atom. The molecule has 1 aromatic rings. The quantitative estimate of drug-likeness (QED) is 0.836. The Morgan fingerprint density at radius 1 is 1.35 bits per heavy atom. The second kappa shape index (κ2) is 7.18. The molecule has 0 aromatic heterocycles. The molecule has 0 spiro atoms. The van der Waals surface area contributed by atoms with E-state index in [0.717, 1.165) is 6.08 Å². The van der Waals surface area contributed by atoms with Crippen molar-refractivity contribution in [1.29, 1.82) is 0 Å². The Hall–Kier alpha value is -2.50. The third-order valence-electron chi connectivity index (χ3n) is 2.59. The van der Waals surface area contributed by atoms with Crippen LogP contribution >= 0.6 is 0 Å². The average Bonchev–Trinajstić information content (AvgIpc) is 2.44. The predicted molar refractivity (Wildman–Crippen MR) is 74.0 cm³/mol. The molecule has 0 saturated heterocycles. The summed E-state index contributed by atoms with van der Waals surface area (Å²) in [6, 6.07) is 4.78. The maximum Gasteiger partial charge on any atom is 0.415 e. The summed E-state index contributed by atoms with van der Waals surface area (Å²) in [4.78, 5) is 23.5. The van der Waals surface area contributed by atoms with Gasteiger partial charge in [-0.05, 0) is 30.7 Å². The maximum atomic E-state index is 11.7. The topological polar surface area (TPSA) is 76.1 Å². The first-order valence-corrected chi connectivity index (χ1v) is 6.00. The Morgan fingerprint density at radius 3 is 2.60 bits per heavy atom. The molecule has 1 amide bonds. The number of hydrogen-bond donors (Lipinski definition) is 1. The lowest BCUT2D eigenvalue weighted by Gasteiger charge is -2.15. The molecule has 0 aliphatic heterocycles. The highest BCUT2D eigenvalue weighted by Gasteiger charge is 2.13. The number of carboxylic acid groups (broad SMARTS) is 1. The van der Waals surface area contributed by atoms with Crippen molar-refractivity contribution >= 4 is 18.1 Å². The lowest BCUT2D eigenvalue weighted by atomic mass is 10.2. The molecule has 20 heavy (non-hydrogen) atoms. The number of carbonyl (C=O) groups excluding carboxylic acids is 1. The summed E-state index contributed by atoms with van der Waals surface area (Å²) in [6.45, 7) is 2.36. The summed E-state index contributed by atoms with van der Waals surface area (Å²) in [5.41, 5.74) is 0.632. The van der Waals surface area contributed by atoms with Gasteiger partial charge in [-0.1, -0.05) is 6.07 Å². The number of rotatable bonds is 5. The fraction of sp³-hybridized carbons (Fsp3) is 0.286. The lowest BCUT2D eigenvalue weighted by Crippen LogP contribution is -2.29. The molecule has 0 aliphatic carbocycles. The van der Waals surface area contributed by atoms with Crippen molar-refractivity contribution in [3.63, 3.8) is 0 Å². The molecule has 108 valence electrons. The minimum atomic E-state index is -1.04. The SMILES string of the molecule is CCN(C)C(=O)Oc1ccc(C=CC(=O)O)cc1OC. The van der Waals surface area contributed by atoms with Crippen molar-refractivity contribution < 1.29 is 24.2 Å². The molecule has 1 rings (SSSR count). The number of methoxy groups -OCH3 is 1. The number of amides is 1. The van der Waals surface area contributed by atoms with E-state index < -0.39 is 12.1 Å². The van der Waals surface area contributed by atoms with Crippen LogP contribution in [0.2, 0.25) is 0 Å². The van der Waals surface area contributed by atoms with Crippen LogP contribution < -0.4 is 9.47 Å². The molecular weight excluding hydrogens is 262 g/mol. The van der Waals surface area contributed by atoms with Gasteiger partial charge in [-0.2, -0.15) is 0 Å². The van der Waals surface area contributed by atoms with Gasteiger partial charge >= 0.3 is 12.1 Å². The van der Waals surface area contributed by atoms with Crippen molar-refractivity contribution in [3.8, 4) is 11.5 Å². The van der Waals surface area contributed by atoms with Crippen LogP contribution in [0.5, 0.6) is 11.5 Å². The molecule has 6 heteroatoms. The van der Waals surface area contributed by atoms with Crippen LogP contribution in [-0.2, 0) is 4.79 Å². The van der Waals surface area contributed by atoms with Gasteiger partial charge in [0.2, 0.25) is 0 Å². The van der Waals surface area contributed by atoms with Crippen LogP contribution in [0.25, 0.3) is 6.08 Å². The van der Waals surface area contributed by atoms with Crippen LogP contribution in [0.3, 0.4) is 0 Å². The minimum absolute atomic E-state index is 0.283. The van der Waals surface area contributed by atoms with E-state index >= 15 is 0 Å². The third kappa shape index (κ3) is 4.31. The molecular formula is C14H17NO5. The highest BCUT2D eigenvalue weighted by Crippen LogP contribution is 2.29. The fourth-order valence-corrected chi connectivity index (χ4v) is 1.34. The summed E-state index contributed by atoms with van der Waals surface area (Å²) in [7, 11) is 3.07. The molecule has 0 unspecified atom stereocenters. The largest absolute Gasteiger partial charge is 0.493 e. The monoisotopic (exact) mass is 279 g/mol. The highest BCUT2D eigenvalue weighted by molar-refractivity contribution is 5.85. The smallest absolute Gasteiger partial charge is 0.415 e. The van der Waals surface area contributed by atoms with E-state index in [1.54, 1.807) is 25.2 Å². The molecule has 0 heterocycles. The van der Waals surface area contributed by atoms with Gasteiger partial charge < -0.3 is 19.5 Å². The second-order valence-corrected chi connectivity index (χ2v) is 3.96. The Bertz CT molecular complexity index is 524. The van der Waals surface area contributed by atoms with Crippen molar-refractivity contribution in [2.45, 2.75) is 6.92 Å². The highest BCUT2D eigenvalue weighted by atomic mass is 16.6. The molecule has 1 aromatic carbocycles. The summed E-state index contributed by atoms with van der Waals surface area (Å²) >= 11 is 0. The number of nitrogens with zero attached hydrogens (tertiary/aromatic N) is 1. The van der Waals surface area contributed by atoms with Gasteiger partial charge in [-0.3, -0.25) is 0 Å². The van der Waals surface area contributed by atoms with Crippen LogP contribution in [-0.4, -0.2) is 42.8 Å². The predicted octanol–water partition coefficient (Wildman–Crippen LogP) is 2.24. The first-order valence-electron chi connectivity index (χ1n) is 6.00. The number of aliphatic carboxylic acids is 1. The molecule has 0 aliphatic rings. The molecule has 0 saturated carbocycles. The zero-order valence-electron chi connectivity index (χ0n) is 11.6. The van der Waals surface area contributed by atoms with Gasteiger partial charge in [0, 0.05) is 19.7 Å². The van der Waals surface area contributed by atoms with E-state index in [0.29, 0.717) is 17.9 Å². The van der Waals surface area contributed by atoms with E-state index in [9.17, 15) is 9.59 Å². The first-order chi connectivity index (χ1) is 9.47. The van der Waals surface area contributed by atoms with Gasteiger partial charge in [0.1, 0.15) is 0 Å². The Kier molecular flexibility index (Phi) is 5.58. The summed E-state index contributed by atoms with van der Waals surface area (Å²) in [5.74, 6) is -0.398. The molecule has 1 N–H and O–H groups in total. The number of carboxylic acids is 1. The zero-order chi connectivity index (χ0) is 15.1. The van der Waals surface area contributed by atoms with Crippen LogP contribution in [0, 0.1) is 0 Å². The van der Waals surface area contributed by atoms with E-state index in [1.807, 2.05) is 6.92 Å². The van der Waals surface area contributed by atoms with E-state index in [1.165, 1.54) is 18.1 Å². The molecule has 0 atom stereocenters. The second-order valence-electron chi connectivity index (χ2n) is 3.96. The fourth-order valence-electron chi connectivity index (χ4n) is 1.34. The van der Waals surface area contributed by atoms with E-state index in [2.05, 4.69) is 0 Å². The number of carbonyl (C=O) groups is 2. The molecule has 0 bridgehead atoms. The van der Waals surface area contributed by atoms with Gasteiger partial charge in [0.05, 0.1) is 7.11 Å². The molecule has 6 nitrogen and oxygen atoms in total. The van der Waals surface area contributed by atoms with Gasteiger partial charge in [-0.25, -0.2) is 9.59 Å². The van der Waals surface area contributed by atoms with Crippen molar-refractivity contribution in [3.05, 3.63) is 29.8 Å². The Balaban J connectivity index is 2.93. The average molecular weight is 279 g/mol. The van der Waals surface area contributed by atoms with Crippen molar-refractivity contribution in [2.24, 2.45) is 0 Å². The van der Waals surface area contributed by atoms with Crippen molar-refractivity contribution in [1.82, 2.24) is 4.90 Å². The van der Waals surface area contributed by atoms with E-state index in [4.69, 9.17) is 14.6 Å². The zero-order valence-corrected chi connectivity index (χ0v) is 11.6. The van der Waals surface area contributed by atoms with Crippen LogP contribution in [0.1, 0.15) is 12.5 Å². The standard InChI is InChI=1S/C14H17NO5/c1-4-15(2)14(18)20-11-7-5-10(6-8-13(16)17)9-12(11)19-3/h5-9H,4H2,1-3H3,(H,16,17). The lowest BCUT2D eigenvalue weighted by molar-refractivity contribution is -0.131. The summed E-state index contributed by atoms with van der Waals surface area (Å²) in [6.07, 6.45) is 1.96. The summed E-state index contributed by atoms with van der Waals surface area (Å²) < 4.78 is 10.3. The maximum absolute atomic E-state index is 11.7. The Labute approximate surface area is 117 Å². The van der Waals surface area contributed by atoms with Crippen LogP contribution in [0.4, 0.5) is 4.79 Å². The first kappa shape index (κ1) is 15.6. The van der Waals surface area contributed by atoms with Crippen molar-refractivity contribution in [2.75, 3.05) is 20.7 Å². The number of hydrogen-bond acceptors (Lipinski definition) is 4. The van der Waals surface area contributed by atoms with Gasteiger partial charge in [0.15, 0.2) is 11.5 Å². The van der Waals surface area contributed by atoms with Crippen LogP contribution in [0.15, 0.2) is 24.3 Å². The normalized spacial score (nSPS) is 10.3. The number of benzene rings is 1. The third-order valence-corrected chi connectivity index (χ3v) is 2.59. The van der Waals surface area contributed by atoms with Gasteiger partial charge in [-0.15, -0.1) is 0 Å². The molecule has 0 radical (unpaired) electrons. The van der Waals surface area contributed by atoms with E-state index in [-0.39, 0.29) is 5.75 Å². The number of ether oxygens (including phenoxy) is 2. The minimum Gasteiger partial charge on any atom is -0.493 e. The molecule has 0 fully saturated rings. The summed E-state index contributed by atoms with van der Waals surface area (Å²) in [5, 5.41) is 8.57. The van der Waals surface area contributed by atoms with Gasteiger partial charge in [0.25, 0.3) is 0 Å².